The molecule has 1 aliphatic rings. The molecule has 0 atom stereocenters. The molecule has 0 radical (unpaired) electrons. The van der Waals surface area contributed by atoms with Gasteiger partial charge in [0.25, 0.3) is 0 Å². The van der Waals surface area contributed by atoms with E-state index in [0.29, 0.717) is 23.4 Å². The molecular formula is C20H23ClN2O2. The fourth-order valence-electron chi connectivity index (χ4n) is 3.38. The van der Waals surface area contributed by atoms with Gasteiger partial charge in [-0.3, -0.25) is 4.79 Å². The number of likely N-dealkylation sites (tertiary alicyclic amines) is 1. The topological polar surface area (TPSA) is 66.6 Å². The summed E-state index contributed by atoms with van der Waals surface area (Å²) in [5, 5.41) is 11.6. The number of primary amides is 1. The van der Waals surface area contributed by atoms with E-state index in [2.05, 4.69) is 4.90 Å². The molecule has 1 aliphatic heterocycles. The van der Waals surface area contributed by atoms with Crippen molar-refractivity contribution in [3.8, 4) is 0 Å². The molecule has 3 rings (SSSR count). The van der Waals surface area contributed by atoms with Crippen LogP contribution in [-0.2, 0) is 12.0 Å². The van der Waals surface area contributed by atoms with Gasteiger partial charge in [-0.15, -0.1) is 0 Å². The van der Waals surface area contributed by atoms with Gasteiger partial charge in [-0.25, -0.2) is 0 Å². The number of nitrogens with two attached hydrogens (primary N) is 1. The smallest absolute Gasteiger partial charge is 0.248 e. The zero-order valence-electron chi connectivity index (χ0n) is 14.1. The lowest BCUT2D eigenvalue weighted by Gasteiger charge is -2.39. The van der Waals surface area contributed by atoms with Crippen molar-refractivity contribution in [2.75, 3.05) is 19.6 Å². The molecule has 1 amide bonds. The largest absolute Gasteiger partial charge is 0.385 e. The predicted molar refractivity (Wildman–Crippen MR) is 99.7 cm³/mol. The maximum absolute atomic E-state index is 11.1. The summed E-state index contributed by atoms with van der Waals surface area (Å²) >= 11 is 6.25. The zero-order chi connectivity index (χ0) is 17.9. The fourth-order valence-corrected chi connectivity index (χ4v) is 3.69. The van der Waals surface area contributed by atoms with Crippen LogP contribution in [-0.4, -0.2) is 35.5 Å². The van der Waals surface area contributed by atoms with Crippen molar-refractivity contribution in [2.24, 2.45) is 5.73 Å². The van der Waals surface area contributed by atoms with Gasteiger partial charge in [0.2, 0.25) is 5.91 Å². The van der Waals surface area contributed by atoms with Crippen LogP contribution in [0.4, 0.5) is 0 Å². The predicted octanol–water partition coefficient (Wildman–Crippen LogP) is 2.97. The monoisotopic (exact) mass is 358 g/mol. The Hall–Kier alpha value is -1.88. The van der Waals surface area contributed by atoms with Crippen molar-refractivity contribution in [1.82, 2.24) is 4.90 Å². The summed E-state index contributed by atoms with van der Waals surface area (Å²) in [6, 6.07) is 15.0. The first-order valence-electron chi connectivity index (χ1n) is 8.56. The van der Waals surface area contributed by atoms with Crippen LogP contribution in [0.2, 0.25) is 5.02 Å². The summed E-state index contributed by atoms with van der Waals surface area (Å²) in [5.41, 5.74) is 6.97. The summed E-state index contributed by atoms with van der Waals surface area (Å²) in [4.78, 5) is 13.5. The first-order chi connectivity index (χ1) is 12.0. The molecular weight excluding hydrogens is 336 g/mol. The molecule has 0 bridgehead atoms. The quantitative estimate of drug-likeness (QED) is 0.863. The minimum atomic E-state index is -0.835. The average Bonchev–Trinajstić information content (AvgIpc) is 2.62. The summed E-state index contributed by atoms with van der Waals surface area (Å²) in [5.74, 6) is -0.401. The van der Waals surface area contributed by atoms with E-state index in [-0.39, 0.29) is 0 Å². The van der Waals surface area contributed by atoms with Gasteiger partial charge >= 0.3 is 0 Å². The maximum Gasteiger partial charge on any atom is 0.248 e. The van der Waals surface area contributed by atoms with Gasteiger partial charge in [0.05, 0.1) is 5.60 Å². The van der Waals surface area contributed by atoms with Crippen molar-refractivity contribution in [2.45, 2.75) is 24.9 Å². The van der Waals surface area contributed by atoms with Crippen molar-refractivity contribution in [3.05, 3.63) is 70.2 Å². The zero-order valence-corrected chi connectivity index (χ0v) is 14.9. The highest BCUT2D eigenvalue weighted by Gasteiger charge is 2.35. The Morgan fingerprint density at radius 2 is 1.76 bits per heavy atom. The minimum Gasteiger partial charge on any atom is -0.385 e. The fraction of sp³-hybridized carbons (Fsp3) is 0.350. The van der Waals surface area contributed by atoms with Crippen LogP contribution in [0.15, 0.2) is 48.5 Å². The molecule has 5 heteroatoms. The Labute approximate surface area is 153 Å². The Morgan fingerprint density at radius 3 is 2.36 bits per heavy atom. The van der Waals surface area contributed by atoms with Gasteiger partial charge in [0.1, 0.15) is 0 Å². The van der Waals surface area contributed by atoms with E-state index in [4.69, 9.17) is 17.3 Å². The molecule has 2 aromatic carbocycles. The lowest BCUT2D eigenvalue weighted by atomic mass is 9.84. The number of nitrogens with zero attached hydrogens (tertiary/aromatic N) is 1. The average molecular weight is 359 g/mol. The molecule has 1 heterocycles. The number of hydrogen-bond donors (Lipinski definition) is 2. The number of amides is 1. The molecule has 0 aliphatic carbocycles. The molecule has 2 aromatic rings. The summed E-state index contributed by atoms with van der Waals surface area (Å²) in [6.07, 6.45) is 2.26. The Morgan fingerprint density at radius 1 is 1.12 bits per heavy atom. The highest BCUT2D eigenvalue weighted by Crippen LogP contribution is 2.36. The third-order valence-electron chi connectivity index (χ3n) is 5.01. The van der Waals surface area contributed by atoms with Crippen LogP contribution in [0.1, 0.15) is 34.3 Å². The Bertz CT molecular complexity index is 738. The molecule has 25 heavy (non-hydrogen) atoms. The van der Waals surface area contributed by atoms with Crippen molar-refractivity contribution in [1.29, 1.82) is 0 Å². The lowest BCUT2D eigenvalue weighted by Crippen LogP contribution is -2.43. The highest BCUT2D eigenvalue weighted by molar-refractivity contribution is 6.31. The standard InChI is InChI=1S/C20H23ClN2O2/c21-18-4-2-1-3-17(18)20(25)10-13-23(14-11-20)12-9-15-5-7-16(8-6-15)19(22)24/h1-8,25H,9-14H2,(H2,22,24). The Balaban J connectivity index is 1.54. The molecule has 132 valence electrons. The summed E-state index contributed by atoms with van der Waals surface area (Å²) in [6.45, 7) is 2.59. The van der Waals surface area contributed by atoms with E-state index in [1.54, 1.807) is 12.1 Å². The first kappa shape index (κ1) is 17.9. The molecule has 0 aromatic heterocycles. The molecule has 3 N–H and O–H groups in total. The lowest BCUT2D eigenvalue weighted by molar-refractivity contribution is -0.0254. The van der Waals surface area contributed by atoms with Crippen LogP contribution in [0.25, 0.3) is 0 Å². The minimum absolute atomic E-state index is 0.401. The third-order valence-corrected chi connectivity index (χ3v) is 5.34. The van der Waals surface area contributed by atoms with Crippen LogP contribution in [0.5, 0.6) is 0 Å². The van der Waals surface area contributed by atoms with E-state index in [9.17, 15) is 9.90 Å². The van der Waals surface area contributed by atoms with Gasteiger partial charge in [-0.2, -0.15) is 0 Å². The number of hydrogen-bond acceptors (Lipinski definition) is 3. The van der Waals surface area contributed by atoms with E-state index >= 15 is 0 Å². The highest BCUT2D eigenvalue weighted by atomic mass is 35.5. The molecule has 4 nitrogen and oxygen atoms in total. The number of rotatable bonds is 5. The first-order valence-corrected chi connectivity index (χ1v) is 8.94. The number of aliphatic hydroxyl groups is 1. The van der Waals surface area contributed by atoms with Crippen LogP contribution in [0, 0.1) is 0 Å². The second kappa shape index (κ2) is 7.56. The number of halogens is 1. The number of carbonyl (C=O) groups excluding carboxylic acids is 1. The van der Waals surface area contributed by atoms with E-state index in [1.807, 2.05) is 36.4 Å². The van der Waals surface area contributed by atoms with Crippen molar-refractivity contribution >= 4 is 17.5 Å². The van der Waals surface area contributed by atoms with E-state index < -0.39 is 11.5 Å². The van der Waals surface area contributed by atoms with Gasteiger partial charge in [0, 0.05) is 35.8 Å². The maximum atomic E-state index is 11.1. The van der Waals surface area contributed by atoms with Gasteiger partial charge in [0.15, 0.2) is 0 Å². The molecule has 0 saturated carbocycles. The van der Waals surface area contributed by atoms with Gasteiger partial charge in [-0.05, 0) is 43.0 Å². The normalized spacial score (nSPS) is 17.4. The van der Waals surface area contributed by atoms with Gasteiger partial charge in [-0.1, -0.05) is 41.9 Å². The summed E-state index contributed by atoms with van der Waals surface area (Å²) in [7, 11) is 0. The van der Waals surface area contributed by atoms with Crippen LogP contribution < -0.4 is 5.73 Å². The molecule has 0 unspecified atom stereocenters. The van der Waals surface area contributed by atoms with Crippen molar-refractivity contribution < 1.29 is 9.90 Å². The van der Waals surface area contributed by atoms with E-state index in [0.717, 1.165) is 31.6 Å². The van der Waals surface area contributed by atoms with Crippen molar-refractivity contribution in [3.63, 3.8) is 0 Å². The number of piperidine rings is 1. The number of benzene rings is 2. The van der Waals surface area contributed by atoms with E-state index in [1.165, 1.54) is 5.56 Å². The third kappa shape index (κ3) is 4.21. The van der Waals surface area contributed by atoms with Gasteiger partial charge < -0.3 is 15.7 Å². The second-order valence-electron chi connectivity index (χ2n) is 6.66. The number of carbonyl (C=O) groups is 1. The summed E-state index contributed by atoms with van der Waals surface area (Å²) < 4.78 is 0. The molecule has 1 fully saturated rings. The van der Waals surface area contributed by atoms with Crippen LogP contribution >= 0.6 is 11.6 Å². The Kier molecular flexibility index (Phi) is 5.42. The molecule has 1 saturated heterocycles. The SMILES string of the molecule is NC(=O)c1ccc(CCN2CCC(O)(c3ccccc3Cl)CC2)cc1. The molecule has 0 spiro atoms. The van der Waals surface area contributed by atoms with Crippen LogP contribution in [0.3, 0.4) is 0 Å². The second-order valence-corrected chi connectivity index (χ2v) is 7.07.